The van der Waals surface area contributed by atoms with E-state index in [0.717, 1.165) is 0 Å². The molecule has 0 aromatic rings. The van der Waals surface area contributed by atoms with Crippen LogP contribution in [0.25, 0.3) is 0 Å². The van der Waals surface area contributed by atoms with E-state index in [1.165, 1.54) is 0 Å². The van der Waals surface area contributed by atoms with E-state index >= 15 is 0 Å². The van der Waals surface area contributed by atoms with Crippen LogP contribution in [0, 0.1) is 5.41 Å². The predicted octanol–water partition coefficient (Wildman–Crippen LogP) is 0.906. The minimum atomic E-state index is 0.0556. The summed E-state index contributed by atoms with van der Waals surface area (Å²) in [4.78, 5) is 4.67. The number of hydrogen-bond donors (Lipinski definition) is 0. The van der Waals surface area contributed by atoms with Crippen LogP contribution in [0.2, 0.25) is 0 Å². The van der Waals surface area contributed by atoms with Gasteiger partial charge in [0.05, 0.1) is 0 Å². The molecule has 1 rings (SSSR count). The van der Waals surface area contributed by atoms with Crippen molar-refractivity contribution in [3.05, 3.63) is 0 Å². The van der Waals surface area contributed by atoms with Crippen LogP contribution in [-0.4, -0.2) is 12.8 Å². The molecule has 0 unspecified atom stereocenters. The van der Waals surface area contributed by atoms with Crippen molar-refractivity contribution in [1.29, 1.82) is 0 Å². The van der Waals surface area contributed by atoms with E-state index in [2.05, 4.69) is 16.2 Å². The standard InChI is InChI=1S/C5H8NO/c1-5(2)3-6-7-4-5/h4H2,1-2H3. The van der Waals surface area contributed by atoms with Gasteiger partial charge in [-0.3, -0.25) is 0 Å². The van der Waals surface area contributed by atoms with Gasteiger partial charge in [0.2, 0.25) is 0 Å². The second kappa shape index (κ2) is 1.22. The van der Waals surface area contributed by atoms with E-state index in [1.54, 1.807) is 0 Å². The number of hydrogen-bond acceptors (Lipinski definition) is 2. The molecule has 0 amide bonds. The Bertz CT molecular complexity index is 96.3. The van der Waals surface area contributed by atoms with Gasteiger partial charge in [-0.05, 0) is 0 Å². The Morgan fingerprint density at radius 3 is 2.57 bits per heavy atom. The van der Waals surface area contributed by atoms with Gasteiger partial charge in [-0.25, -0.2) is 0 Å². The van der Waals surface area contributed by atoms with Crippen molar-refractivity contribution >= 4 is 6.21 Å². The first-order valence-electron chi connectivity index (χ1n) is 2.30. The van der Waals surface area contributed by atoms with Crippen LogP contribution in [0.15, 0.2) is 5.16 Å². The monoisotopic (exact) mass is 98.1 g/mol. The molecule has 0 atom stereocenters. The fourth-order valence-electron chi connectivity index (χ4n) is 0.382. The molecule has 0 N–H and O–H groups in total. The highest BCUT2D eigenvalue weighted by atomic mass is 16.6. The third-order valence-electron chi connectivity index (χ3n) is 0.838. The molecule has 0 aromatic carbocycles. The summed E-state index contributed by atoms with van der Waals surface area (Å²) in [6.07, 6.45) is 2.80. The third-order valence-corrected chi connectivity index (χ3v) is 0.838. The molecule has 0 fully saturated rings. The van der Waals surface area contributed by atoms with Crippen molar-refractivity contribution in [1.82, 2.24) is 0 Å². The lowest BCUT2D eigenvalue weighted by Gasteiger charge is -2.05. The Hall–Kier alpha value is -0.530. The quantitative estimate of drug-likeness (QED) is 0.441. The molecule has 2 heteroatoms. The van der Waals surface area contributed by atoms with E-state index < -0.39 is 0 Å². The van der Waals surface area contributed by atoms with Gasteiger partial charge in [-0.15, -0.1) is 0 Å². The molecule has 39 valence electrons. The Kier molecular flexibility index (Phi) is 0.805. The molecule has 0 spiro atoms. The first-order chi connectivity index (χ1) is 3.21. The van der Waals surface area contributed by atoms with Crippen molar-refractivity contribution < 1.29 is 4.84 Å². The summed E-state index contributed by atoms with van der Waals surface area (Å²) in [5.74, 6) is 0. The molecule has 2 nitrogen and oxygen atoms in total. The van der Waals surface area contributed by atoms with Gasteiger partial charge in [-0.2, -0.15) is 0 Å². The SMILES string of the molecule is CC1(C)[C]=NOC1. The van der Waals surface area contributed by atoms with Crippen molar-refractivity contribution in [2.45, 2.75) is 13.8 Å². The van der Waals surface area contributed by atoms with Crippen molar-refractivity contribution in [2.24, 2.45) is 10.6 Å². The second-order valence-electron chi connectivity index (χ2n) is 2.36. The molecule has 0 saturated carbocycles. The van der Waals surface area contributed by atoms with Crippen LogP contribution in [0.5, 0.6) is 0 Å². The predicted molar refractivity (Wildman–Crippen MR) is 27.2 cm³/mol. The van der Waals surface area contributed by atoms with E-state index in [0.29, 0.717) is 6.61 Å². The maximum Gasteiger partial charge on any atom is 0.128 e. The van der Waals surface area contributed by atoms with Gasteiger partial charge in [0.25, 0.3) is 0 Å². The van der Waals surface area contributed by atoms with Gasteiger partial charge in [0, 0.05) is 5.41 Å². The first-order valence-corrected chi connectivity index (χ1v) is 2.30. The molecule has 1 radical (unpaired) electrons. The van der Waals surface area contributed by atoms with Gasteiger partial charge in [0.1, 0.15) is 12.8 Å². The molecule has 7 heavy (non-hydrogen) atoms. The summed E-state index contributed by atoms with van der Waals surface area (Å²) in [6, 6.07) is 0. The molecule has 0 aromatic heterocycles. The average molecular weight is 98.1 g/mol. The maximum atomic E-state index is 4.67. The molecule has 1 aliphatic heterocycles. The number of nitrogens with zero attached hydrogens (tertiary/aromatic N) is 1. The van der Waals surface area contributed by atoms with Crippen molar-refractivity contribution in [3.8, 4) is 0 Å². The van der Waals surface area contributed by atoms with Crippen LogP contribution in [-0.2, 0) is 4.84 Å². The lowest BCUT2D eigenvalue weighted by atomic mass is 9.98. The molecule has 0 aliphatic carbocycles. The number of rotatable bonds is 0. The average Bonchev–Trinajstić information content (AvgIpc) is 1.84. The zero-order chi connectivity index (χ0) is 5.33. The van der Waals surface area contributed by atoms with Crippen LogP contribution >= 0.6 is 0 Å². The Labute approximate surface area is 43.2 Å². The molecule has 1 heterocycles. The van der Waals surface area contributed by atoms with E-state index in [-0.39, 0.29) is 5.41 Å². The lowest BCUT2D eigenvalue weighted by Crippen LogP contribution is -2.12. The highest BCUT2D eigenvalue weighted by Crippen LogP contribution is 2.16. The summed E-state index contributed by atoms with van der Waals surface area (Å²) in [7, 11) is 0. The Balaban J connectivity index is 2.57. The van der Waals surface area contributed by atoms with Gasteiger partial charge < -0.3 is 4.84 Å². The van der Waals surface area contributed by atoms with Crippen molar-refractivity contribution in [2.75, 3.05) is 6.61 Å². The normalized spacial score (nSPS) is 24.9. The maximum absolute atomic E-state index is 4.67. The van der Waals surface area contributed by atoms with E-state index in [4.69, 9.17) is 0 Å². The van der Waals surface area contributed by atoms with Crippen LogP contribution in [0.1, 0.15) is 13.8 Å². The van der Waals surface area contributed by atoms with E-state index in [1.807, 2.05) is 13.8 Å². The highest BCUT2D eigenvalue weighted by molar-refractivity contribution is 5.65. The zero-order valence-electron chi connectivity index (χ0n) is 4.56. The molecule has 1 aliphatic rings. The Morgan fingerprint density at radius 2 is 2.43 bits per heavy atom. The summed E-state index contributed by atoms with van der Waals surface area (Å²) >= 11 is 0. The van der Waals surface area contributed by atoms with Crippen molar-refractivity contribution in [3.63, 3.8) is 0 Å². The summed E-state index contributed by atoms with van der Waals surface area (Å²) < 4.78 is 0. The largest absolute Gasteiger partial charge is 0.395 e. The summed E-state index contributed by atoms with van der Waals surface area (Å²) in [5, 5.41) is 3.49. The van der Waals surface area contributed by atoms with Crippen LogP contribution in [0.4, 0.5) is 0 Å². The molecular weight excluding hydrogens is 90.1 g/mol. The first kappa shape index (κ1) is 4.62. The topological polar surface area (TPSA) is 21.6 Å². The van der Waals surface area contributed by atoms with E-state index in [9.17, 15) is 0 Å². The fraction of sp³-hybridized carbons (Fsp3) is 0.800. The van der Waals surface area contributed by atoms with Gasteiger partial charge in [0.15, 0.2) is 0 Å². The molecule has 0 bridgehead atoms. The van der Waals surface area contributed by atoms with Crippen LogP contribution < -0.4 is 0 Å². The zero-order valence-corrected chi connectivity index (χ0v) is 4.56. The lowest BCUT2D eigenvalue weighted by molar-refractivity contribution is 0.133. The Morgan fingerprint density at radius 1 is 1.71 bits per heavy atom. The second-order valence-corrected chi connectivity index (χ2v) is 2.36. The third kappa shape index (κ3) is 0.918. The molecule has 0 saturated heterocycles. The summed E-state index contributed by atoms with van der Waals surface area (Å²) in [5.41, 5.74) is 0.0556. The molecular formula is C5H8NO. The smallest absolute Gasteiger partial charge is 0.128 e. The highest BCUT2D eigenvalue weighted by Gasteiger charge is 2.21. The van der Waals surface area contributed by atoms with Gasteiger partial charge >= 0.3 is 0 Å². The minimum absolute atomic E-state index is 0.0556. The fourth-order valence-corrected chi connectivity index (χ4v) is 0.382. The van der Waals surface area contributed by atoms with Crippen LogP contribution in [0.3, 0.4) is 0 Å². The minimum Gasteiger partial charge on any atom is -0.395 e. The van der Waals surface area contributed by atoms with Gasteiger partial charge in [-0.1, -0.05) is 19.0 Å². The summed E-state index contributed by atoms with van der Waals surface area (Å²) in [6.45, 7) is 4.74.